The first-order valence-electron chi connectivity index (χ1n) is 7.81. The number of halogens is 1. The number of hydrogen-bond donors (Lipinski definition) is 3. The third kappa shape index (κ3) is 7.43. The zero-order valence-electron chi connectivity index (χ0n) is 14.7. The highest BCUT2D eigenvalue weighted by molar-refractivity contribution is 6.33. The van der Waals surface area contributed by atoms with Gasteiger partial charge in [0.1, 0.15) is 0 Å². The fourth-order valence-electron chi connectivity index (χ4n) is 1.97. The van der Waals surface area contributed by atoms with Crippen molar-refractivity contribution in [3.05, 3.63) is 28.8 Å². The van der Waals surface area contributed by atoms with Gasteiger partial charge in [-0.25, -0.2) is 9.59 Å². The van der Waals surface area contributed by atoms with Crippen molar-refractivity contribution in [1.82, 2.24) is 5.32 Å². The van der Waals surface area contributed by atoms with E-state index in [4.69, 9.17) is 21.4 Å². The number of urea groups is 1. The molecule has 1 aromatic carbocycles. The minimum absolute atomic E-state index is 0.0649. The molecule has 0 aromatic heterocycles. The average Bonchev–Trinajstić information content (AvgIpc) is 2.46. The summed E-state index contributed by atoms with van der Waals surface area (Å²) in [5.41, 5.74) is -0.201. The van der Waals surface area contributed by atoms with Crippen molar-refractivity contribution in [2.24, 2.45) is 0 Å². The Labute approximate surface area is 151 Å². The van der Waals surface area contributed by atoms with Crippen molar-refractivity contribution in [2.45, 2.75) is 52.2 Å². The number of carbonyl (C=O) groups is 3. The minimum atomic E-state index is -0.935. The van der Waals surface area contributed by atoms with Crippen molar-refractivity contribution in [3.8, 4) is 0 Å². The molecule has 1 rings (SSSR count). The molecule has 0 aliphatic carbocycles. The van der Waals surface area contributed by atoms with Crippen LogP contribution in [0.4, 0.5) is 10.5 Å². The minimum Gasteiger partial charge on any atom is -0.481 e. The third-order valence-corrected chi connectivity index (χ3v) is 3.54. The molecule has 0 spiro atoms. The molecule has 0 bridgehead atoms. The Morgan fingerprint density at radius 1 is 1.28 bits per heavy atom. The summed E-state index contributed by atoms with van der Waals surface area (Å²) in [7, 11) is 0. The molecule has 25 heavy (non-hydrogen) atoms. The van der Waals surface area contributed by atoms with E-state index in [-0.39, 0.29) is 35.2 Å². The van der Waals surface area contributed by atoms with Crippen molar-refractivity contribution >= 4 is 35.3 Å². The molecule has 0 aliphatic heterocycles. The quantitative estimate of drug-likeness (QED) is 0.635. The van der Waals surface area contributed by atoms with Gasteiger partial charge in [-0.15, -0.1) is 0 Å². The van der Waals surface area contributed by atoms with Gasteiger partial charge in [-0.05, 0) is 52.3 Å². The topological polar surface area (TPSA) is 105 Å². The zero-order chi connectivity index (χ0) is 19.2. The summed E-state index contributed by atoms with van der Waals surface area (Å²) in [5, 5.41) is 14.2. The molecule has 0 aliphatic rings. The fourth-order valence-corrected chi connectivity index (χ4v) is 2.14. The number of hydrogen-bond acceptors (Lipinski definition) is 4. The van der Waals surface area contributed by atoms with Crippen LogP contribution >= 0.6 is 11.6 Å². The van der Waals surface area contributed by atoms with Crippen LogP contribution in [-0.2, 0) is 9.53 Å². The van der Waals surface area contributed by atoms with Crippen LogP contribution in [0.15, 0.2) is 18.2 Å². The van der Waals surface area contributed by atoms with Crippen LogP contribution in [-0.4, -0.2) is 34.7 Å². The molecule has 0 radical (unpaired) electrons. The van der Waals surface area contributed by atoms with Gasteiger partial charge in [0.2, 0.25) is 0 Å². The van der Waals surface area contributed by atoms with Crippen molar-refractivity contribution in [1.29, 1.82) is 0 Å². The van der Waals surface area contributed by atoms with Crippen LogP contribution in [0, 0.1) is 0 Å². The Hall–Kier alpha value is -2.28. The van der Waals surface area contributed by atoms with Crippen LogP contribution in [0.2, 0.25) is 5.02 Å². The SMILES string of the molecule is CC(C)OC(=O)c1ccc(Cl)c(NC(=O)NC(C)(C)CCC(=O)O)c1. The molecule has 0 fully saturated rings. The lowest BCUT2D eigenvalue weighted by atomic mass is 9.99. The highest BCUT2D eigenvalue weighted by atomic mass is 35.5. The lowest BCUT2D eigenvalue weighted by Gasteiger charge is -2.26. The predicted octanol–water partition coefficient (Wildman–Crippen LogP) is 3.67. The van der Waals surface area contributed by atoms with Gasteiger partial charge >= 0.3 is 18.0 Å². The lowest BCUT2D eigenvalue weighted by molar-refractivity contribution is -0.137. The molecule has 0 saturated heterocycles. The van der Waals surface area contributed by atoms with Gasteiger partial charge in [0.15, 0.2) is 0 Å². The number of esters is 1. The smallest absolute Gasteiger partial charge is 0.338 e. The predicted molar refractivity (Wildman–Crippen MR) is 95.1 cm³/mol. The van der Waals surface area contributed by atoms with Gasteiger partial charge in [0.25, 0.3) is 0 Å². The Morgan fingerprint density at radius 3 is 2.48 bits per heavy atom. The summed E-state index contributed by atoms with van der Waals surface area (Å²) < 4.78 is 5.11. The zero-order valence-corrected chi connectivity index (χ0v) is 15.4. The van der Waals surface area contributed by atoms with E-state index < -0.39 is 23.5 Å². The first kappa shape index (κ1) is 20.8. The second kappa shape index (κ2) is 8.71. The van der Waals surface area contributed by atoms with Crippen molar-refractivity contribution in [3.63, 3.8) is 0 Å². The van der Waals surface area contributed by atoms with E-state index in [1.54, 1.807) is 27.7 Å². The van der Waals surface area contributed by atoms with E-state index in [1.165, 1.54) is 18.2 Å². The van der Waals surface area contributed by atoms with Gasteiger partial charge in [-0.1, -0.05) is 11.6 Å². The first-order valence-corrected chi connectivity index (χ1v) is 8.19. The number of ether oxygens (including phenoxy) is 1. The second-order valence-corrected chi connectivity index (χ2v) is 6.91. The Bertz CT molecular complexity index is 658. The van der Waals surface area contributed by atoms with E-state index >= 15 is 0 Å². The maximum atomic E-state index is 12.1. The summed E-state index contributed by atoms with van der Waals surface area (Å²) in [5.74, 6) is -1.45. The Morgan fingerprint density at radius 2 is 1.92 bits per heavy atom. The molecule has 8 heteroatoms. The van der Waals surface area contributed by atoms with Crippen LogP contribution in [0.3, 0.4) is 0 Å². The Balaban J connectivity index is 2.79. The summed E-state index contributed by atoms with van der Waals surface area (Å²) in [4.78, 5) is 34.7. The monoisotopic (exact) mass is 370 g/mol. The molecule has 3 N–H and O–H groups in total. The van der Waals surface area contributed by atoms with Crippen LogP contribution in [0.1, 0.15) is 50.9 Å². The van der Waals surface area contributed by atoms with Crippen LogP contribution in [0.5, 0.6) is 0 Å². The van der Waals surface area contributed by atoms with Gasteiger partial charge in [0, 0.05) is 12.0 Å². The normalized spacial score (nSPS) is 11.1. The van der Waals surface area contributed by atoms with E-state index in [0.29, 0.717) is 0 Å². The number of anilines is 1. The second-order valence-electron chi connectivity index (χ2n) is 6.51. The number of nitrogens with one attached hydrogen (secondary N) is 2. The van der Waals surface area contributed by atoms with Crippen molar-refractivity contribution in [2.75, 3.05) is 5.32 Å². The lowest BCUT2D eigenvalue weighted by Crippen LogP contribution is -2.45. The number of carboxylic acid groups (broad SMARTS) is 1. The number of aliphatic carboxylic acids is 1. The first-order chi connectivity index (χ1) is 11.5. The maximum Gasteiger partial charge on any atom is 0.338 e. The molecule has 0 saturated carbocycles. The standard InChI is InChI=1S/C17H23ClN2O5/c1-10(2)25-15(23)11-5-6-12(18)13(9-11)19-16(24)20-17(3,4)8-7-14(21)22/h5-6,9-10H,7-8H2,1-4H3,(H,21,22)(H2,19,20,24). The summed E-state index contributed by atoms with van der Waals surface area (Å²) >= 11 is 6.05. The van der Waals surface area contributed by atoms with Crippen LogP contribution < -0.4 is 10.6 Å². The molecular formula is C17H23ClN2O5. The Kier molecular flexibility index (Phi) is 7.23. The molecule has 0 heterocycles. The molecule has 7 nitrogen and oxygen atoms in total. The molecular weight excluding hydrogens is 348 g/mol. The summed E-state index contributed by atoms with van der Waals surface area (Å²) in [6, 6.07) is 3.87. The number of carboxylic acids is 1. The van der Waals surface area contributed by atoms with E-state index in [0.717, 1.165) is 0 Å². The van der Waals surface area contributed by atoms with Gasteiger partial charge in [-0.3, -0.25) is 4.79 Å². The number of carbonyl (C=O) groups excluding carboxylic acids is 2. The summed E-state index contributed by atoms with van der Waals surface area (Å²) in [6.07, 6.45) is -0.0626. The van der Waals surface area contributed by atoms with Gasteiger partial charge < -0.3 is 20.5 Å². The van der Waals surface area contributed by atoms with Gasteiger partial charge in [-0.2, -0.15) is 0 Å². The highest BCUT2D eigenvalue weighted by Crippen LogP contribution is 2.24. The number of amides is 2. The van der Waals surface area contributed by atoms with E-state index in [9.17, 15) is 14.4 Å². The molecule has 1 aromatic rings. The highest BCUT2D eigenvalue weighted by Gasteiger charge is 2.22. The third-order valence-electron chi connectivity index (χ3n) is 3.21. The van der Waals surface area contributed by atoms with Crippen LogP contribution in [0.25, 0.3) is 0 Å². The molecule has 2 amide bonds. The van der Waals surface area contributed by atoms with E-state index in [1.807, 2.05) is 0 Å². The molecule has 0 unspecified atom stereocenters. The summed E-state index contributed by atoms with van der Waals surface area (Å²) in [6.45, 7) is 6.90. The van der Waals surface area contributed by atoms with Gasteiger partial charge in [0.05, 0.1) is 22.4 Å². The van der Waals surface area contributed by atoms with E-state index in [2.05, 4.69) is 10.6 Å². The number of rotatable bonds is 7. The maximum absolute atomic E-state index is 12.1. The fraction of sp³-hybridized carbons (Fsp3) is 0.471. The average molecular weight is 371 g/mol. The van der Waals surface area contributed by atoms with Crippen molar-refractivity contribution < 1.29 is 24.2 Å². The largest absolute Gasteiger partial charge is 0.481 e. The number of benzene rings is 1. The molecule has 0 atom stereocenters. The molecule has 138 valence electrons.